The number of hydrogen-bond donors (Lipinski definition) is 6. The molecule has 3 aromatic rings. The van der Waals surface area contributed by atoms with Gasteiger partial charge in [0.25, 0.3) is 20.2 Å². The molecular formula is C18H21N7O8S3. The van der Waals surface area contributed by atoms with Crippen LogP contribution in [-0.4, -0.2) is 68.7 Å². The molecule has 0 spiro atoms. The van der Waals surface area contributed by atoms with Crippen molar-refractivity contribution in [3.05, 3.63) is 48.5 Å². The number of sulfonamides is 1. The first kappa shape index (κ1) is 27.2. The van der Waals surface area contributed by atoms with E-state index in [1.165, 1.54) is 30.3 Å². The third kappa shape index (κ3) is 8.36. The van der Waals surface area contributed by atoms with Crippen molar-refractivity contribution in [2.45, 2.75) is 9.79 Å². The lowest BCUT2D eigenvalue weighted by Crippen LogP contribution is -2.28. The van der Waals surface area contributed by atoms with Gasteiger partial charge in [-0.25, -0.2) is 13.1 Å². The smallest absolute Gasteiger partial charge is 0.294 e. The fourth-order valence-electron chi connectivity index (χ4n) is 2.68. The number of anilines is 5. The summed E-state index contributed by atoms with van der Waals surface area (Å²) < 4.78 is 88.4. The van der Waals surface area contributed by atoms with Gasteiger partial charge in [-0.2, -0.15) is 31.8 Å². The van der Waals surface area contributed by atoms with Crippen molar-refractivity contribution in [2.24, 2.45) is 0 Å². The maximum atomic E-state index is 11.4. The average Bonchev–Trinajstić information content (AvgIpc) is 2.75. The number of hydrogen-bond acceptors (Lipinski definition) is 12. The summed E-state index contributed by atoms with van der Waals surface area (Å²) in [6.07, 6.45) is 1.01. The van der Waals surface area contributed by atoms with Crippen LogP contribution >= 0.6 is 0 Å². The maximum Gasteiger partial charge on any atom is 0.294 e. The molecule has 0 radical (unpaired) electrons. The second kappa shape index (κ2) is 10.7. The molecule has 3 rings (SSSR count). The highest BCUT2D eigenvalue weighted by Gasteiger charge is 2.13. The lowest BCUT2D eigenvalue weighted by Gasteiger charge is -2.12. The van der Waals surface area contributed by atoms with E-state index in [1.807, 2.05) is 0 Å². The van der Waals surface area contributed by atoms with E-state index >= 15 is 0 Å². The summed E-state index contributed by atoms with van der Waals surface area (Å²) in [4.78, 5) is 11.8. The first-order valence-electron chi connectivity index (χ1n) is 9.83. The normalized spacial score (nSPS) is 12.2. The van der Waals surface area contributed by atoms with E-state index in [4.69, 9.17) is 4.55 Å². The molecule has 0 saturated carbocycles. The molecule has 6 N–H and O–H groups in total. The third-order valence-corrected chi connectivity index (χ3v) is 6.65. The number of nitrogens with one attached hydrogen (secondary N) is 4. The molecule has 0 bridgehead atoms. The van der Waals surface area contributed by atoms with Gasteiger partial charge in [0.2, 0.25) is 27.9 Å². The van der Waals surface area contributed by atoms with Gasteiger partial charge in [0.05, 0.1) is 16.0 Å². The first-order chi connectivity index (χ1) is 16.7. The van der Waals surface area contributed by atoms with E-state index in [1.54, 1.807) is 0 Å². The van der Waals surface area contributed by atoms with Crippen molar-refractivity contribution >= 4 is 59.5 Å². The van der Waals surface area contributed by atoms with Gasteiger partial charge in [-0.15, -0.1) is 0 Å². The molecule has 0 amide bonds. The summed E-state index contributed by atoms with van der Waals surface area (Å²) in [5.74, 6) is -0.0458. The molecule has 0 atom stereocenters. The molecule has 1 aromatic heterocycles. The quantitative estimate of drug-likeness (QED) is 0.141. The minimum atomic E-state index is -4.45. The molecule has 0 aliphatic carbocycles. The van der Waals surface area contributed by atoms with Crippen molar-refractivity contribution in [1.29, 1.82) is 0 Å². The Morgan fingerprint density at radius 2 is 1.25 bits per heavy atom. The van der Waals surface area contributed by atoms with Crippen LogP contribution in [0.15, 0.2) is 58.3 Å². The van der Waals surface area contributed by atoms with Crippen molar-refractivity contribution in [1.82, 2.24) is 19.7 Å². The maximum absolute atomic E-state index is 11.4. The summed E-state index contributed by atoms with van der Waals surface area (Å²) in [6, 6.07) is 10.3. The summed E-state index contributed by atoms with van der Waals surface area (Å²) in [5.41, 5.74) is 0.585. The molecule has 18 heteroatoms. The summed E-state index contributed by atoms with van der Waals surface area (Å²) in [6.45, 7) is 0.140. The number of benzene rings is 2. The van der Waals surface area contributed by atoms with Gasteiger partial charge in [0, 0.05) is 24.5 Å². The van der Waals surface area contributed by atoms with Gasteiger partial charge in [-0.05, 0) is 42.5 Å². The van der Waals surface area contributed by atoms with Crippen LogP contribution in [0.4, 0.5) is 29.2 Å². The highest BCUT2D eigenvalue weighted by atomic mass is 32.2. The predicted molar refractivity (Wildman–Crippen MR) is 130 cm³/mol. The predicted octanol–water partition coefficient (Wildman–Crippen LogP) is 0.813. The van der Waals surface area contributed by atoms with Crippen LogP contribution in [0.1, 0.15) is 0 Å². The molecule has 2 aromatic carbocycles. The fraction of sp³-hybridized carbons (Fsp3) is 0.167. The minimum Gasteiger partial charge on any atom is -0.353 e. The van der Waals surface area contributed by atoms with Crippen molar-refractivity contribution in [3.63, 3.8) is 0 Å². The Balaban J connectivity index is 1.87. The zero-order valence-corrected chi connectivity index (χ0v) is 20.9. The monoisotopic (exact) mass is 559 g/mol. The first-order valence-corrected chi connectivity index (χ1v) is 14.6. The zero-order chi connectivity index (χ0) is 26.6. The molecule has 0 unspecified atom stereocenters. The second-order valence-corrected chi connectivity index (χ2v) is 11.8. The van der Waals surface area contributed by atoms with Crippen LogP contribution in [-0.2, 0) is 30.3 Å². The van der Waals surface area contributed by atoms with Gasteiger partial charge in [0.15, 0.2) is 0 Å². The van der Waals surface area contributed by atoms with E-state index in [2.05, 4.69) is 35.6 Å². The van der Waals surface area contributed by atoms with Gasteiger partial charge in [0.1, 0.15) is 0 Å². The molecule has 0 aliphatic heterocycles. The van der Waals surface area contributed by atoms with E-state index in [0.717, 1.165) is 24.5 Å². The molecule has 36 heavy (non-hydrogen) atoms. The number of rotatable bonds is 11. The molecule has 194 valence electrons. The number of nitrogens with zero attached hydrogens (tertiary/aromatic N) is 3. The van der Waals surface area contributed by atoms with Crippen LogP contribution < -0.4 is 20.7 Å². The Labute approximate surface area is 207 Å². The fourth-order valence-corrected chi connectivity index (χ4v) is 4.16. The van der Waals surface area contributed by atoms with Crippen LogP contribution in [0, 0.1) is 0 Å². The van der Waals surface area contributed by atoms with Crippen LogP contribution in [0.25, 0.3) is 0 Å². The molecular weight excluding hydrogens is 538 g/mol. The lowest BCUT2D eigenvalue weighted by molar-refractivity contribution is 0.481. The van der Waals surface area contributed by atoms with E-state index in [-0.39, 0.29) is 46.4 Å². The Kier molecular flexibility index (Phi) is 8.06. The molecule has 0 fully saturated rings. The average molecular weight is 560 g/mol. The van der Waals surface area contributed by atoms with Crippen molar-refractivity contribution < 1.29 is 34.4 Å². The van der Waals surface area contributed by atoms with Crippen molar-refractivity contribution in [2.75, 3.05) is 35.3 Å². The van der Waals surface area contributed by atoms with E-state index < -0.39 is 30.3 Å². The summed E-state index contributed by atoms with van der Waals surface area (Å²) in [7, 11) is -12.2. The number of aromatic nitrogens is 3. The van der Waals surface area contributed by atoms with Crippen LogP contribution in [0.5, 0.6) is 0 Å². The second-order valence-electron chi connectivity index (χ2n) is 7.15. The van der Waals surface area contributed by atoms with Gasteiger partial charge < -0.3 is 16.0 Å². The van der Waals surface area contributed by atoms with Gasteiger partial charge >= 0.3 is 0 Å². The Bertz CT molecular complexity index is 1560. The zero-order valence-electron chi connectivity index (χ0n) is 18.4. The van der Waals surface area contributed by atoms with Crippen molar-refractivity contribution in [3.8, 4) is 0 Å². The lowest BCUT2D eigenvalue weighted by atomic mass is 10.3. The highest BCUT2D eigenvalue weighted by molar-refractivity contribution is 7.88. The third-order valence-electron chi connectivity index (χ3n) is 4.20. The Hall–Kier alpha value is -3.42. The van der Waals surface area contributed by atoms with E-state index in [9.17, 15) is 29.8 Å². The van der Waals surface area contributed by atoms with Gasteiger partial charge in [-0.1, -0.05) is 6.07 Å². The van der Waals surface area contributed by atoms with Crippen LogP contribution in [0.3, 0.4) is 0 Å². The van der Waals surface area contributed by atoms with E-state index in [0.29, 0.717) is 5.69 Å². The Morgan fingerprint density at radius 3 is 1.81 bits per heavy atom. The van der Waals surface area contributed by atoms with Gasteiger partial charge in [-0.3, -0.25) is 9.11 Å². The molecule has 0 aliphatic rings. The molecule has 1 heterocycles. The Morgan fingerprint density at radius 1 is 0.694 bits per heavy atom. The SMILES string of the molecule is CS(=O)(=O)NCCNc1nc(Nc2ccc(S(=O)(=O)O)cc2)nc(Nc2cccc(S(=O)(=O)O)c2)n1. The van der Waals surface area contributed by atoms with Crippen LogP contribution in [0.2, 0.25) is 0 Å². The summed E-state index contributed by atoms with van der Waals surface area (Å²) in [5, 5.41) is 8.44. The minimum absolute atomic E-state index is 0.0170. The largest absolute Gasteiger partial charge is 0.353 e. The topological polar surface area (TPSA) is 230 Å². The highest BCUT2D eigenvalue weighted by Crippen LogP contribution is 2.21. The molecule has 15 nitrogen and oxygen atoms in total. The summed E-state index contributed by atoms with van der Waals surface area (Å²) >= 11 is 0. The molecule has 0 saturated heterocycles. The standard InChI is InChI=1S/C18H21N7O8S3/c1-34(26,27)20-10-9-19-16-23-17(21-12-5-7-14(8-6-12)35(28,29)30)25-18(24-16)22-13-3-2-4-15(11-13)36(31,32)33/h2-8,11,20H,9-10H2,1H3,(H,28,29,30)(H,31,32,33)(H3,19,21,22,23,24,25).